The molecular weight excluding hydrogens is 200 g/mol. The summed E-state index contributed by atoms with van der Waals surface area (Å²) in [6.07, 6.45) is 0. The molecule has 1 aromatic heterocycles. The van der Waals surface area contributed by atoms with Crippen molar-refractivity contribution in [2.75, 3.05) is 0 Å². The molecule has 1 rings (SSSR count). The fourth-order valence-electron chi connectivity index (χ4n) is 0.602. The van der Waals surface area contributed by atoms with Crippen molar-refractivity contribution in [3.05, 3.63) is 10.6 Å². The van der Waals surface area contributed by atoms with Crippen molar-refractivity contribution in [1.29, 1.82) is 0 Å². The molecule has 0 saturated heterocycles. The Hall–Kier alpha value is 0.0400. The summed E-state index contributed by atoms with van der Waals surface area (Å²) in [5.74, 6) is 0. The van der Waals surface area contributed by atoms with Crippen LogP contribution >= 0.6 is 27.5 Å². The van der Waals surface area contributed by atoms with E-state index in [1.54, 1.807) is 0 Å². The fourth-order valence-corrected chi connectivity index (χ4v) is 1.75. The number of aryl methyl sites for hydroxylation is 1. The Bertz CT molecular complexity index is 197. The molecule has 0 fully saturated rings. The van der Waals surface area contributed by atoms with Crippen molar-refractivity contribution >= 4 is 27.5 Å². The maximum absolute atomic E-state index is 3.94. The number of hydrogen-bond acceptors (Lipinski definition) is 3. The number of aromatic nitrogens is 2. The van der Waals surface area contributed by atoms with Gasteiger partial charge in [0.25, 0.3) is 0 Å². The van der Waals surface area contributed by atoms with E-state index in [4.69, 9.17) is 0 Å². The first-order valence-electron chi connectivity index (χ1n) is 2.64. The second-order valence-electron chi connectivity index (χ2n) is 1.83. The topological polar surface area (TPSA) is 25.8 Å². The van der Waals surface area contributed by atoms with Crippen LogP contribution in [0.25, 0.3) is 0 Å². The van der Waals surface area contributed by atoms with Gasteiger partial charge in [-0.3, -0.25) is 0 Å². The lowest BCUT2D eigenvalue weighted by Crippen LogP contribution is -1.85. The quantitative estimate of drug-likeness (QED) is 0.660. The molecular formula is C5H7BrN2S. The molecule has 1 heterocycles. The highest BCUT2D eigenvalue weighted by Crippen LogP contribution is 2.23. The van der Waals surface area contributed by atoms with E-state index in [0.29, 0.717) is 4.83 Å². The van der Waals surface area contributed by atoms with Crippen molar-refractivity contribution < 1.29 is 0 Å². The normalized spacial score (nSPS) is 13.7. The zero-order chi connectivity index (χ0) is 6.85. The van der Waals surface area contributed by atoms with Crippen LogP contribution < -0.4 is 0 Å². The van der Waals surface area contributed by atoms with Crippen molar-refractivity contribution in [3.63, 3.8) is 0 Å². The number of nitrogens with zero attached hydrogens (tertiary/aromatic N) is 2. The molecule has 1 atom stereocenters. The zero-order valence-electron chi connectivity index (χ0n) is 5.26. The van der Waals surface area contributed by atoms with E-state index in [0.717, 1.165) is 5.69 Å². The van der Waals surface area contributed by atoms with Gasteiger partial charge in [-0.15, -0.1) is 5.10 Å². The molecule has 0 spiro atoms. The third-order valence-electron chi connectivity index (χ3n) is 1.06. The fraction of sp³-hybridized carbons (Fsp3) is 0.600. The maximum Gasteiger partial charge on any atom is 0.0918 e. The summed E-state index contributed by atoms with van der Waals surface area (Å²) in [6.45, 7) is 4.07. The second kappa shape index (κ2) is 2.75. The lowest BCUT2D eigenvalue weighted by molar-refractivity contribution is 0.971. The first-order valence-corrected chi connectivity index (χ1v) is 4.33. The molecule has 0 aromatic carbocycles. The zero-order valence-corrected chi connectivity index (χ0v) is 7.66. The van der Waals surface area contributed by atoms with Gasteiger partial charge in [-0.05, 0) is 25.4 Å². The highest BCUT2D eigenvalue weighted by Gasteiger charge is 2.07. The van der Waals surface area contributed by atoms with Gasteiger partial charge in [-0.25, -0.2) is 0 Å². The van der Waals surface area contributed by atoms with E-state index in [1.807, 2.05) is 13.8 Å². The number of halogens is 1. The predicted molar refractivity (Wildman–Crippen MR) is 42.0 cm³/mol. The summed E-state index contributed by atoms with van der Waals surface area (Å²) >= 11 is 4.86. The third kappa shape index (κ3) is 1.49. The van der Waals surface area contributed by atoms with Gasteiger partial charge in [0, 0.05) is 4.88 Å². The average molecular weight is 207 g/mol. The van der Waals surface area contributed by atoms with Crippen molar-refractivity contribution in [2.24, 2.45) is 0 Å². The molecule has 0 aliphatic rings. The predicted octanol–water partition coefficient (Wildman–Crippen LogP) is 2.30. The number of rotatable bonds is 1. The Morgan fingerprint density at radius 3 is 2.56 bits per heavy atom. The van der Waals surface area contributed by atoms with Crippen LogP contribution in [0.4, 0.5) is 0 Å². The van der Waals surface area contributed by atoms with Crippen LogP contribution in [0.5, 0.6) is 0 Å². The minimum Gasteiger partial charge on any atom is -0.142 e. The number of hydrogen-bond donors (Lipinski definition) is 0. The summed E-state index contributed by atoms with van der Waals surface area (Å²) in [6, 6.07) is 0. The van der Waals surface area contributed by atoms with Crippen LogP contribution in [0, 0.1) is 6.92 Å². The van der Waals surface area contributed by atoms with Crippen LogP contribution in [0.3, 0.4) is 0 Å². The molecule has 4 heteroatoms. The molecule has 50 valence electrons. The van der Waals surface area contributed by atoms with Crippen LogP contribution in [0.15, 0.2) is 0 Å². The first-order chi connectivity index (χ1) is 4.22. The minimum absolute atomic E-state index is 0.330. The molecule has 0 aliphatic carbocycles. The molecule has 9 heavy (non-hydrogen) atoms. The SMILES string of the molecule is Cc1snnc1C(C)Br. The Morgan fingerprint density at radius 1 is 1.67 bits per heavy atom. The van der Waals surface area contributed by atoms with Gasteiger partial charge < -0.3 is 0 Å². The highest BCUT2D eigenvalue weighted by atomic mass is 79.9. The average Bonchev–Trinajstić information content (AvgIpc) is 2.13. The van der Waals surface area contributed by atoms with Gasteiger partial charge >= 0.3 is 0 Å². The molecule has 1 unspecified atom stereocenters. The van der Waals surface area contributed by atoms with Crippen molar-refractivity contribution in [2.45, 2.75) is 18.7 Å². The summed E-state index contributed by atoms with van der Waals surface area (Å²) in [4.78, 5) is 1.52. The van der Waals surface area contributed by atoms with Crippen molar-refractivity contribution in [3.8, 4) is 0 Å². The third-order valence-corrected chi connectivity index (χ3v) is 2.14. The van der Waals surface area contributed by atoms with Crippen molar-refractivity contribution in [1.82, 2.24) is 9.59 Å². The first kappa shape index (κ1) is 7.15. The van der Waals surface area contributed by atoms with Gasteiger partial charge in [0.15, 0.2) is 0 Å². The molecule has 2 nitrogen and oxygen atoms in total. The number of alkyl halides is 1. The Labute approximate surface area is 66.6 Å². The Kier molecular flexibility index (Phi) is 2.18. The Morgan fingerprint density at radius 2 is 2.33 bits per heavy atom. The highest BCUT2D eigenvalue weighted by molar-refractivity contribution is 9.09. The van der Waals surface area contributed by atoms with Crippen LogP contribution in [0.1, 0.15) is 22.3 Å². The van der Waals surface area contributed by atoms with E-state index < -0.39 is 0 Å². The Balaban J connectivity index is 2.94. The van der Waals surface area contributed by atoms with Crippen LogP contribution in [-0.4, -0.2) is 9.59 Å². The molecule has 0 radical (unpaired) electrons. The van der Waals surface area contributed by atoms with E-state index in [1.165, 1.54) is 16.4 Å². The summed E-state index contributed by atoms with van der Waals surface area (Å²) in [7, 11) is 0. The smallest absolute Gasteiger partial charge is 0.0918 e. The van der Waals surface area contributed by atoms with E-state index in [-0.39, 0.29) is 0 Å². The second-order valence-corrected chi connectivity index (χ2v) is 4.16. The molecule has 0 saturated carbocycles. The largest absolute Gasteiger partial charge is 0.142 e. The molecule has 0 bridgehead atoms. The summed E-state index contributed by atoms with van der Waals surface area (Å²) in [5, 5.41) is 3.94. The van der Waals surface area contributed by atoms with E-state index in [2.05, 4.69) is 25.5 Å². The van der Waals surface area contributed by atoms with Gasteiger partial charge in [0.1, 0.15) is 0 Å². The van der Waals surface area contributed by atoms with Crippen LogP contribution in [-0.2, 0) is 0 Å². The minimum atomic E-state index is 0.330. The van der Waals surface area contributed by atoms with E-state index >= 15 is 0 Å². The molecule has 0 N–H and O–H groups in total. The van der Waals surface area contributed by atoms with Gasteiger partial charge in [-0.1, -0.05) is 20.4 Å². The van der Waals surface area contributed by atoms with Gasteiger partial charge in [-0.2, -0.15) is 0 Å². The van der Waals surface area contributed by atoms with Gasteiger partial charge in [0.2, 0.25) is 0 Å². The lowest BCUT2D eigenvalue weighted by Gasteiger charge is -1.95. The maximum atomic E-state index is 3.94. The molecule has 0 amide bonds. The summed E-state index contributed by atoms with van der Waals surface area (Å²) < 4.78 is 3.80. The standard InChI is InChI=1S/C5H7BrN2S/c1-3(6)5-4(2)9-8-7-5/h3H,1-2H3. The van der Waals surface area contributed by atoms with Crippen LogP contribution in [0.2, 0.25) is 0 Å². The molecule has 0 aliphatic heterocycles. The van der Waals surface area contributed by atoms with Gasteiger partial charge in [0.05, 0.1) is 10.5 Å². The lowest BCUT2D eigenvalue weighted by atomic mass is 10.3. The monoisotopic (exact) mass is 206 g/mol. The van der Waals surface area contributed by atoms with E-state index in [9.17, 15) is 0 Å². The summed E-state index contributed by atoms with van der Waals surface area (Å²) in [5.41, 5.74) is 1.06. The molecule has 1 aromatic rings.